The maximum Gasteiger partial charge on any atom is 0.339 e. The molecule has 3 aromatic carbocycles. The number of hydrogen-bond acceptors (Lipinski definition) is 9. The molecule has 10 heteroatoms. The van der Waals surface area contributed by atoms with Gasteiger partial charge >= 0.3 is 10.1 Å². The Kier molecular flexibility index (Phi) is 7.73. The zero-order valence-electron chi connectivity index (χ0n) is 21.6. The molecule has 0 unspecified atom stereocenters. The second kappa shape index (κ2) is 10.8. The summed E-state index contributed by atoms with van der Waals surface area (Å²) < 4.78 is 48.5. The lowest BCUT2D eigenvalue weighted by atomic mass is 9.92. The van der Waals surface area contributed by atoms with Crippen LogP contribution >= 0.6 is 0 Å². The lowest BCUT2D eigenvalue weighted by Crippen LogP contribution is -2.33. The molecule has 0 N–H and O–H groups in total. The first kappa shape index (κ1) is 27.1. The van der Waals surface area contributed by atoms with Gasteiger partial charge in [-0.3, -0.25) is 4.79 Å². The Hall–Kier alpha value is -3.92. The summed E-state index contributed by atoms with van der Waals surface area (Å²) in [6.45, 7) is 5.24. The number of benzene rings is 3. The van der Waals surface area contributed by atoms with Gasteiger partial charge in [0.25, 0.3) is 0 Å². The summed E-state index contributed by atoms with van der Waals surface area (Å²) in [4.78, 5) is 24.3. The van der Waals surface area contributed by atoms with Gasteiger partial charge in [-0.05, 0) is 70.0 Å². The van der Waals surface area contributed by atoms with Crippen molar-refractivity contribution in [3.05, 3.63) is 81.8 Å². The van der Waals surface area contributed by atoms with Gasteiger partial charge in [0.15, 0.2) is 12.4 Å². The van der Waals surface area contributed by atoms with Crippen LogP contribution in [-0.4, -0.2) is 33.5 Å². The Bertz CT molecular complexity index is 1460. The molecule has 0 atom stereocenters. The predicted molar refractivity (Wildman–Crippen MR) is 141 cm³/mol. The summed E-state index contributed by atoms with van der Waals surface area (Å²) in [6.07, 6.45) is 1.35. The standard InChI is InChI=1S/C28H29NO8S/c1-18-5-9-21(10-6-18)38(32,33)37-26-15-20(34-4)8-11-22(26)24(30)17-35-27-19(16-29-31)7-12-25-23(27)13-14-28(2,3)36-25/h5-12,15H,13-14,16-17H2,1-4H3. The Labute approximate surface area is 221 Å². The monoisotopic (exact) mass is 539 g/mol. The molecular weight excluding hydrogens is 510 g/mol. The zero-order valence-corrected chi connectivity index (χ0v) is 22.5. The second-order valence-electron chi connectivity index (χ2n) is 9.60. The summed E-state index contributed by atoms with van der Waals surface area (Å²) in [6, 6.07) is 13.9. The number of ketones is 1. The fraction of sp³-hybridized carbons (Fsp3) is 0.321. The summed E-state index contributed by atoms with van der Waals surface area (Å²) in [5.41, 5.74) is 1.82. The smallest absolute Gasteiger partial charge is 0.339 e. The molecule has 0 bridgehead atoms. The van der Waals surface area contributed by atoms with Gasteiger partial charge in [0.2, 0.25) is 5.78 Å². The van der Waals surface area contributed by atoms with E-state index in [-0.39, 0.29) is 28.4 Å². The van der Waals surface area contributed by atoms with Crippen LogP contribution in [0.3, 0.4) is 0 Å². The van der Waals surface area contributed by atoms with Crippen LogP contribution in [0.15, 0.2) is 64.7 Å². The van der Waals surface area contributed by atoms with Gasteiger partial charge in [-0.15, -0.1) is 0 Å². The van der Waals surface area contributed by atoms with Gasteiger partial charge in [-0.25, -0.2) is 0 Å². The second-order valence-corrected chi connectivity index (χ2v) is 11.2. The molecule has 1 aliphatic heterocycles. The summed E-state index contributed by atoms with van der Waals surface area (Å²) in [7, 11) is -2.81. The summed E-state index contributed by atoms with van der Waals surface area (Å²) >= 11 is 0. The molecule has 0 radical (unpaired) electrons. The lowest BCUT2D eigenvalue weighted by Gasteiger charge is -2.33. The molecule has 0 amide bonds. The topological polar surface area (TPSA) is 118 Å². The van der Waals surface area contributed by atoms with E-state index < -0.39 is 22.5 Å². The normalized spacial score (nSPS) is 14.1. The number of carbonyl (C=O) groups excluding carboxylic acids is 1. The van der Waals surface area contributed by atoms with Gasteiger partial charge in [0, 0.05) is 17.2 Å². The molecule has 200 valence electrons. The predicted octanol–water partition coefficient (Wildman–Crippen LogP) is 5.40. The average Bonchev–Trinajstić information content (AvgIpc) is 2.87. The molecule has 38 heavy (non-hydrogen) atoms. The van der Waals surface area contributed by atoms with Crippen molar-refractivity contribution in [3.63, 3.8) is 0 Å². The highest BCUT2D eigenvalue weighted by Gasteiger charge is 2.30. The maximum atomic E-state index is 13.3. The molecule has 1 aliphatic rings. The van der Waals surface area contributed by atoms with E-state index >= 15 is 0 Å². The number of rotatable bonds is 10. The fourth-order valence-corrected chi connectivity index (χ4v) is 5.09. The third kappa shape index (κ3) is 5.96. The first-order valence-electron chi connectivity index (χ1n) is 12.0. The number of nitrogens with zero attached hydrogens (tertiary/aromatic N) is 1. The maximum absolute atomic E-state index is 13.3. The molecular formula is C28H29NO8S. The van der Waals surface area contributed by atoms with Crippen molar-refractivity contribution >= 4 is 15.9 Å². The highest BCUT2D eigenvalue weighted by molar-refractivity contribution is 7.87. The molecule has 9 nitrogen and oxygen atoms in total. The first-order valence-corrected chi connectivity index (χ1v) is 13.4. The molecule has 0 saturated carbocycles. The Balaban J connectivity index is 1.62. The van der Waals surface area contributed by atoms with E-state index in [1.807, 2.05) is 20.8 Å². The molecule has 4 rings (SSSR count). The molecule has 1 heterocycles. The van der Waals surface area contributed by atoms with E-state index in [9.17, 15) is 18.1 Å². The first-order chi connectivity index (χ1) is 18.0. The number of nitroso groups, excluding NO2 is 1. The van der Waals surface area contributed by atoms with Crippen molar-refractivity contribution in [1.82, 2.24) is 0 Å². The van der Waals surface area contributed by atoms with E-state index in [0.717, 1.165) is 17.5 Å². The van der Waals surface area contributed by atoms with Gasteiger partial charge in [0.05, 0.1) is 12.7 Å². The lowest BCUT2D eigenvalue weighted by molar-refractivity contribution is 0.0815. The number of ether oxygens (including phenoxy) is 3. The fourth-order valence-electron chi connectivity index (χ4n) is 4.15. The molecule has 0 aromatic heterocycles. The van der Waals surface area contributed by atoms with Crippen molar-refractivity contribution in [3.8, 4) is 23.0 Å². The Morgan fingerprint density at radius 2 is 1.82 bits per heavy atom. The molecule has 0 saturated heterocycles. The zero-order chi connectivity index (χ0) is 27.5. The van der Waals surface area contributed by atoms with Crippen molar-refractivity contribution < 1.29 is 31.6 Å². The van der Waals surface area contributed by atoms with E-state index in [1.54, 1.807) is 24.3 Å². The van der Waals surface area contributed by atoms with Crippen LogP contribution in [0.25, 0.3) is 0 Å². The number of methoxy groups -OCH3 is 1. The van der Waals surface area contributed by atoms with Crippen LogP contribution in [0.1, 0.15) is 47.3 Å². The van der Waals surface area contributed by atoms with Crippen LogP contribution in [0.5, 0.6) is 23.0 Å². The Morgan fingerprint density at radius 1 is 1.08 bits per heavy atom. The van der Waals surface area contributed by atoms with Crippen LogP contribution in [0.4, 0.5) is 0 Å². The third-order valence-corrected chi connectivity index (χ3v) is 7.49. The van der Waals surface area contributed by atoms with Gasteiger partial charge < -0.3 is 18.4 Å². The summed E-state index contributed by atoms with van der Waals surface area (Å²) in [5, 5.41) is 2.98. The molecule has 0 aliphatic carbocycles. The third-order valence-electron chi connectivity index (χ3n) is 6.24. The van der Waals surface area contributed by atoms with Crippen molar-refractivity contribution in [2.24, 2.45) is 5.18 Å². The van der Waals surface area contributed by atoms with Crippen LogP contribution in [0.2, 0.25) is 0 Å². The number of hydrogen-bond donors (Lipinski definition) is 0. The minimum absolute atomic E-state index is 0.00117. The minimum Gasteiger partial charge on any atom is -0.497 e. The van der Waals surface area contributed by atoms with Gasteiger partial charge in [-0.2, -0.15) is 13.3 Å². The summed E-state index contributed by atoms with van der Waals surface area (Å²) in [5.74, 6) is 0.591. The van der Waals surface area contributed by atoms with E-state index in [4.69, 9.17) is 18.4 Å². The largest absolute Gasteiger partial charge is 0.497 e. The highest BCUT2D eigenvalue weighted by Crippen LogP contribution is 2.41. The average molecular weight is 540 g/mol. The number of aryl methyl sites for hydroxylation is 1. The Morgan fingerprint density at radius 3 is 2.50 bits per heavy atom. The molecule has 0 fully saturated rings. The number of Topliss-reactive ketones (excluding diaryl/α,β-unsaturated/α-hetero) is 1. The molecule has 0 spiro atoms. The van der Waals surface area contributed by atoms with E-state index in [2.05, 4.69) is 5.18 Å². The van der Waals surface area contributed by atoms with Crippen molar-refractivity contribution in [2.75, 3.05) is 13.7 Å². The van der Waals surface area contributed by atoms with Crippen LogP contribution < -0.4 is 18.4 Å². The van der Waals surface area contributed by atoms with Crippen LogP contribution in [-0.2, 0) is 23.1 Å². The van der Waals surface area contributed by atoms with Gasteiger partial charge in [0.1, 0.15) is 34.3 Å². The number of fused-ring (bicyclic) bond motifs is 1. The van der Waals surface area contributed by atoms with Crippen LogP contribution in [0, 0.1) is 11.8 Å². The SMILES string of the molecule is COc1ccc(C(=O)COc2c(CN=O)ccc3c2CCC(C)(C)O3)c(OS(=O)(=O)c2ccc(C)cc2)c1. The van der Waals surface area contributed by atoms with Gasteiger partial charge in [-0.1, -0.05) is 22.9 Å². The molecule has 3 aromatic rings. The van der Waals surface area contributed by atoms with E-state index in [0.29, 0.717) is 29.2 Å². The highest BCUT2D eigenvalue weighted by atomic mass is 32.2. The van der Waals surface area contributed by atoms with Crippen molar-refractivity contribution in [1.29, 1.82) is 0 Å². The van der Waals surface area contributed by atoms with E-state index in [1.165, 1.54) is 37.4 Å². The number of carbonyl (C=O) groups is 1. The minimum atomic E-state index is -4.23. The quantitative estimate of drug-likeness (QED) is 0.191. The van der Waals surface area contributed by atoms with Crippen molar-refractivity contribution in [2.45, 2.75) is 50.7 Å².